The number of aryl methyl sites for hydroxylation is 1. The Morgan fingerprint density at radius 2 is 2.14 bits per heavy atom. The molecule has 0 unspecified atom stereocenters. The van der Waals surface area contributed by atoms with Crippen molar-refractivity contribution >= 4 is 35.8 Å². The van der Waals surface area contributed by atoms with Crippen LogP contribution >= 0.6 is 24.0 Å². The van der Waals surface area contributed by atoms with E-state index >= 15 is 0 Å². The highest BCUT2D eigenvalue weighted by Gasteiger charge is 2.20. The second-order valence-electron chi connectivity index (χ2n) is 7.30. The quantitative estimate of drug-likeness (QED) is 0.272. The van der Waals surface area contributed by atoms with E-state index in [0.717, 1.165) is 76.9 Å². The summed E-state index contributed by atoms with van der Waals surface area (Å²) < 4.78 is 5.37. The molecule has 0 spiro atoms. The Bertz CT molecular complexity index is 639. The molecule has 156 valence electrons. The Kier molecular flexibility index (Phi) is 10.0. The number of aliphatic imine (C=N–C) groups is 1. The van der Waals surface area contributed by atoms with Gasteiger partial charge in [-0.15, -0.1) is 24.0 Å². The standard InChI is InChI=1S/C21H33N5O.HI/c1-3-22-21(23-11-6-18-9-14-27-15-10-18)25-19-7-12-26(13-8-19)20-5-4-17(2)16-24-20;/h4-5,9,16,19H,3,6-8,10-15H2,1-2H3,(H2,22,23,25);1H. The number of nitrogens with one attached hydrogen (secondary N) is 2. The second-order valence-corrected chi connectivity index (χ2v) is 7.30. The zero-order valence-electron chi connectivity index (χ0n) is 17.1. The lowest BCUT2D eigenvalue weighted by Crippen LogP contribution is -2.49. The van der Waals surface area contributed by atoms with Gasteiger partial charge in [0.15, 0.2) is 5.96 Å². The van der Waals surface area contributed by atoms with Gasteiger partial charge >= 0.3 is 0 Å². The number of anilines is 1. The van der Waals surface area contributed by atoms with Crippen molar-refractivity contribution in [2.45, 2.75) is 45.6 Å². The first-order valence-electron chi connectivity index (χ1n) is 10.2. The van der Waals surface area contributed by atoms with E-state index in [9.17, 15) is 0 Å². The van der Waals surface area contributed by atoms with Crippen LogP contribution in [0, 0.1) is 6.92 Å². The fourth-order valence-electron chi connectivity index (χ4n) is 3.52. The maximum Gasteiger partial charge on any atom is 0.191 e. The summed E-state index contributed by atoms with van der Waals surface area (Å²) in [4.78, 5) is 11.7. The number of piperidine rings is 1. The molecule has 0 atom stereocenters. The van der Waals surface area contributed by atoms with Crippen LogP contribution in [0.4, 0.5) is 5.82 Å². The normalized spacial score (nSPS) is 18.3. The molecule has 28 heavy (non-hydrogen) atoms. The minimum absolute atomic E-state index is 0. The van der Waals surface area contributed by atoms with Gasteiger partial charge in [-0.25, -0.2) is 4.98 Å². The van der Waals surface area contributed by atoms with Crippen LogP contribution in [0.25, 0.3) is 0 Å². The maximum atomic E-state index is 5.37. The summed E-state index contributed by atoms with van der Waals surface area (Å²) in [5, 5.41) is 7.01. The molecule has 2 N–H and O–H groups in total. The minimum atomic E-state index is 0. The van der Waals surface area contributed by atoms with Crippen LogP contribution in [0.1, 0.15) is 38.2 Å². The lowest BCUT2D eigenvalue weighted by molar-refractivity contribution is 0.153. The van der Waals surface area contributed by atoms with Gasteiger partial charge in [-0.1, -0.05) is 17.7 Å². The van der Waals surface area contributed by atoms with Crippen molar-refractivity contribution in [3.05, 3.63) is 35.5 Å². The zero-order chi connectivity index (χ0) is 18.9. The number of guanidine groups is 1. The first-order valence-corrected chi connectivity index (χ1v) is 10.2. The van der Waals surface area contributed by atoms with Crippen LogP contribution in [-0.2, 0) is 4.74 Å². The van der Waals surface area contributed by atoms with Crippen molar-refractivity contribution in [1.29, 1.82) is 0 Å². The number of nitrogens with zero attached hydrogens (tertiary/aromatic N) is 3. The zero-order valence-corrected chi connectivity index (χ0v) is 19.4. The van der Waals surface area contributed by atoms with Crippen LogP contribution in [-0.4, -0.2) is 56.4 Å². The van der Waals surface area contributed by atoms with Crippen molar-refractivity contribution in [3.8, 4) is 0 Å². The van der Waals surface area contributed by atoms with E-state index in [4.69, 9.17) is 9.73 Å². The largest absolute Gasteiger partial charge is 0.377 e. The molecule has 3 heterocycles. The Morgan fingerprint density at radius 3 is 2.79 bits per heavy atom. The molecule has 1 aromatic heterocycles. The molecule has 2 aliphatic heterocycles. The molecular formula is C21H34IN5O. The van der Waals surface area contributed by atoms with Gasteiger partial charge in [0.2, 0.25) is 0 Å². The van der Waals surface area contributed by atoms with E-state index in [0.29, 0.717) is 6.04 Å². The Balaban J connectivity index is 0.00000280. The smallest absolute Gasteiger partial charge is 0.191 e. The average Bonchev–Trinajstić information content (AvgIpc) is 2.70. The third-order valence-electron chi connectivity index (χ3n) is 5.16. The second kappa shape index (κ2) is 12.3. The molecule has 0 saturated carbocycles. The number of halogens is 1. The minimum Gasteiger partial charge on any atom is -0.377 e. The molecule has 1 saturated heterocycles. The van der Waals surface area contributed by atoms with Crippen molar-refractivity contribution in [2.24, 2.45) is 4.99 Å². The number of ether oxygens (including phenoxy) is 1. The molecule has 3 rings (SSSR count). The predicted octanol–water partition coefficient (Wildman–Crippen LogP) is 3.27. The average molecular weight is 499 g/mol. The number of aromatic nitrogens is 1. The van der Waals surface area contributed by atoms with E-state index < -0.39 is 0 Å². The lowest BCUT2D eigenvalue weighted by Gasteiger charge is -2.33. The monoisotopic (exact) mass is 499 g/mol. The van der Waals surface area contributed by atoms with E-state index in [1.807, 2.05) is 6.20 Å². The summed E-state index contributed by atoms with van der Waals surface area (Å²) >= 11 is 0. The molecule has 0 aliphatic carbocycles. The van der Waals surface area contributed by atoms with E-state index in [1.165, 1.54) is 11.1 Å². The van der Waals surface area contributed by atoms with Crippen molar-refractivity contribution in [2.75, 3.05) is 44.3 Å². The summed E-state index contributed by atoms with van der Waals surface area (Å²) in [6.07, 6.45) is 8.42. The summed E-state index contributed by atoms with van der Waals surface area (Å²) in [6.45, 7) is 9.56. The van der Waals surface area contributed by atoms with Gasteiger partial charge in [0.25, 0.3) is 0 Å². The summed E-state index contributed by atoms with van der Waals surface area (Å²) in [6, 6.07) is 4.72. The fourth-order valence-corrected chi connectivity index (χ4v) is 3.52. The summed E-state index contributed by atoms with van der Waals surface area (Å²) in [5.41, 5.74) is 2.68. The van der Waals surface area contributed by atoms with Crippen LogP contribution in [0.3, 0.4) is 0 Å². The number of hydrogen-bond acceptors (Lipinski definition) is 4. The third kappa shape index (κ3) is 7.24. The van der Waals surface area contributed by atoms with Crippen molar-refractivity contribution in [1.82, 2.24) is 15.6 Å². The van der Waals surface area contributed by atoms with Gasteiger partial charge < -0.3 is 20.3 Å². The summed E-state index contributed by atoms with van der Waals surface area (Å²) in [7, 11) is 0. The van der Waals surface area contributed by atoms with Gasteiger partial charge in [0.1, 0.15) is 5.82 Å². The molecule has 1 fully saturated rings. The van der Waals surface area contributed by atoms with Crippen LogP contribution in [0.2, 0.25) is 0 Å². The molecule has 2 aliphatic rings. The van der Waals surface area contributed by atoms with E-state index in [2.05, 4.69) is 52.6 Å². The Morgan fingerprint density at radius 1 is 1.32 bits per heavy atom. The van der Waals surface area contributed by atoms with Gasteiger partial charge in [-0.2, -0.15) is 0 Å². The Hall–Kier alpha value is -1.35. The van der Waals surface area contributed by atoms with Gasteiger partial charge in [0.05, 0.1) is 13.2 Å². The first kappa shape index (κ1) is 22.9. The molecule has 1 aromatic rings. The highest BCUT2D eigenvalue weighted by molar-refractivity contribution is 14.0. The SMILES string of the molecule is CCNC(=NCCC1=CCOCC1)NC1CCN(c2ccc(C)cn2)CC1.I. The molecule has 0 aromatic carbocycles. The predicted molar refractivity (Wildman–Crippen MR) is 127 cm³/mol. The number of hydrogen-bond donors (Lipinski definition) is 2. The fraction of sp³-hybridized carbons (Fsp3) is 0.619. The maximum absolute atomic E-state index is 5.37. The van der Waals surface area contributed by atoms with Crippen molar-refractivity contribution < 1.29 is 4.74 Å². The van der Waals surface area contributed by atoms with Gasteiger partial charge in [0, 0.05) is 38.4 Å². The van der Waals surface area contributed by atoms with Gasteiger partial charge in [-0.3, -0.25) is 4.99 Å². The van der Waals surface area contributed by atoms with Crippen LogP contribution < -0.4 is 15.5 Å². The lowest BCUT2D eigenvalue weighted by atomic mass is 10.1. The highest BCUT2D eigenvalue weighted by atomic mass is 127. The van der Waals surface area contributed by atoms with Crippen LogP contribution in [0.15, 0.2) is 35.0 Å². The first-order chi connectivity index (χ1) is 13.2. The highest BCUT2D eigenvalue weighted by Crippen LogP contribution is 2.18. The molecule has 0 amide bonds. The molecule has 0 radical (unpaired) electrons. The van der Waals surface area contributed by atoms with Crippen molar-refractivity contribution in [3.63, 3.8) is 0 Å². The molecular weight excluding hydrogens is 465 g/mol. The molecule has 0 bridgehead atoms. The van der Waals surface area contributed by atoms with E-state index in [1.54, 1.807) is 0 Å². The topological polar surface area (TPSA) is 61.8 Å². The van der Waals surface area contributed by atoms with E-state index in [-0.39, 0.29) is 24.0 Å². The number of rotatable bonds is 6. The molecule has 7 heteroatoms. The summed E-state index contributed by atoms with van der Waals surface area (Å²) in [5.74, 6) is 2.03. The Labute approximate surface area is 186 Å². The van der Waals surface area contributed by atoms with Crippen LogP contribution in [0.5, 0.6) is 0 Å². The van der Waals surface area contributed by atoms with Gasteiger partial charge in [-0.05, 0) is 51.2 Å². The third-order valence-corrected chi connectivity index (χ3v) is 5.16. The number of pyridine rings is 1. The molecule has 6 nitrogen and oxygen atoms in total.